The number of hydrogen-bond acceptors (Lipinski definition) is 6. The summed E-state index contributed by atoms with van der Waals surface area (Å²) in [5, 5.41) is 9.01. The molecule has 0 radical (unpaired) electrons. The van der Waals surface area contributed by atoms with Gasteiger partial charge in [0.25, 0.3) is 0 Å². The Balaban J connectivity index is 1.51. The molecule has 0 amide bonds. The molecule has 0 saturated carbocycles. The van der Waals surface area contributed by atoms with Crippen LogP contribution in [-0.2, 0) is 4.74 Å². The van der Waals surface area contributed by atoms with E-state index in [9.17, 15) is 4.79 Å². The molecule has 0 fully saturated rings. The molecule has 1 aliphatic heterocycles. The fourth-order valence-corrected chi connectivity index (χ4v) is 2.35. The smallest absolute Gasteiger partial charge is 0.338 e. The van der Waals surface area contributed by atoms with Gasteiger partial charge < -0.3 is 18.9 Å². The van der Waals surface area contributed by atoms with E-state index in [1.165, 1.54) is 12.1 Å². The van der Waals surface area contributed by atoms with E-state index in [1.54, 1.807) is 24.3 Å². The van der Waals surface area contributed by atoms with E-state index in [0.717, 1.165) is 0 Å². The van der Waals surface area contributed by atoms with E-state index in [1.807, 2.05) is 6.07 Å². The van der Waals surface area contributed by atoms with Crippen molar-refractivity contribution in [2.45, 2.75) is 0 Å². The second-order valence-electron chi connectivity index (χ2n) is 4.81. The standard InChI is InChI=1S/C17H12ClNO5/c18-14-7-12(8-15-16(14)24-10-23-15)17(20)22-6-5-21-13-3-1-11(9-19)2-4-13/h1-4,7-8H,5-6,10H2. The van der Waals surface area contributed by atoms with Gasteiger partial charge in [-0.3, -0.25) is 0 Å². The Hall–Kier alpha value is -2.91. The van der Waals surface area contributed by atoms with Crippen LogP contribution in [0, 0.1) is 11.3 Å². The third-order valence-electron chi connectivity index (χ3n) is 3.23. The molecule has 0 bridgehead atoms. The Kier molecular flexibility index (Phi) is 4.73. The van der Waals surface area contributed by atoms with Crippen molar-refractivity contribution in [1.29, 1.82) is 5.26 Å². The van der Waals surface area contributed by atoms with E-state index in [0.29, 0.717) is 27.8 Å². The molecule has 6 nitrogen and oxygen atoms in total. The quantitative estimate of drug-likeness (QED) is 0.612. The Labute approximate surface area is 143 Å². The molecule has 1 aliphatic rings. The molecule has 0 unspecified atom stereocenters. The lowest BCUT2D eigenvalue weighted by atomic mass is 10.2. The third-order valence-corrected chi connectivity index (χ3v) is 3.51. The molecule has 0 spiro atoms. The van der Waals surface area contributed by atoms with Gasteiger partial charge in [0.1, 0.15) is 19.0 Å². The van der Waals surface area contributed by atoms with Crippen LogP contribution >= 0.6 is 11.6 Å². The van der Waals surface area contributed by atoms with Crippen molar-refractivity contribution < 1.29 is 23.7 Å². The summed E-state index contributed by atoms with van der Waals surface area (Å²) >= 11 is 6.02. The number of nitriles is 1. The second-order valence-corrected chi connectivity index (χ2v) is 5.22. The molecule has 2 aromatic rings. The van der Waals surface area contributed by atoms with Gasteiger partial charge in [-0.15, -0.1) is 0 Å². The summed E-state index contributed by atoms with van der Waals surface area (Å²) in [7, 11) is 0. The van der Waals surface area contributed by atoms with Crippen LogP contribution in [0.2, 0.25) is 5.02 Å². The number of esters is 1. The first-order valence-electron chi connectivity index (χ1n) is 7.06. The Morgan fingerprint density at radius 2 is 2.00 bits per heavy atom. The highest BCUT2D eigenvalue weighted by molar-refractivity contribution is 6.32. The fourth-order valence-electron chi connectivity index (χ4n) is 2.09. The second kappa shape index (κ2) is 7.11. The summed E-state index contributed by atoms with van der Waals surface area (Å²) in [6.45, 7) is 0.340. The molecular formula is C17H12ClNO5. The highest BCUT2D eigenvalue weighted by Crippen LogP contribution is 2.39. The van der Waals surface area contributed by atoms with Gasteiger partial charge in [-0.1, -0.05) is 11.6 Å². The largest absolute Gasteiger partial charge is 0.490 e. The number of carbonyl (C=O) groups is 1. The van der Waals surface area contributed by atoms with Gasteiger partial charge in [-0.25, -0.2) is 4.79 Å². The van der Waals surface area contributed by atoms with E-state index >= 15 is 0 Å². The molecular weight excluding hydrogens is 334 g/mol. The number of hydrogen-bond donors (Lipinski definition) is 0. The monoisotopic (exact) mass is 345 g/mol. The van der Waals surface area contributed by atoms with Crippen molar-refractivity contribution in [1.82, 2.24) is 0 Å². The van der Waals surface area contributed by atoms with Crippen molar-refractivity contribution in [3.8, 4) is 23.3 Å². The summed E-state index contributed by atoms with van der Waals surface area (Å²) in [4.78, 5) is 12.0. The maximum atomic E-state index is 12.0. The van der Waals surface area contributed by atoms with Gasteiger partial charge in [0.2, 0.25) is 6.79 Å². The predicted octanol–water partition coefficient (Wildman–Crippen LogP) is 3.18. The zero-order valence-corrected chi connectivity index (χ0v) is 13.2. The molecule has 3 rings (SSSR count). The lowest BCUT2D eigenvalue weighted by Crippen LogP contribution is -2.12. The predicted molar refractivity (Wildman–Crippen MR) is 84.5 cm³/mol. The minimum atomic E-state index is -0.529. The average Bonchev–Trinajstić information content (AvgIpc) is 3.08. The van der Waals surface area contributed by atoms with Crippen molar-refractivity contribution in [3.63, 3.8) is 0 Å². The van der Waals surface area contributed by atoms with Crippen molar-refractivity contribution in [3.05, 3.63) is 52.5 Å². The lowest BCUT2D eigenvalue weighted by Gasteiger charge is -2.08. The first kappa shape index (κ1) is 16.0. The topological polar surface area (TPSA) is 77.8 Å². The van der Waals surface area contributed by atoms with E-state index in [2.05, 4.69) is 0 Å². The van der Waals surface area contributed by atoms with Gasteiger partial charge >= 0.3 is 5.97 Å². The summed E-state index contributed by atoms with van der Waals surface area (Å²) < 4.78 is 21.0. The summed E-state index contributed by atoms with van der Waals surface area (Å²) in [6.07, 6.45) is 0. The summed E-state index contributed by atoms with van der Waals surface area (Å²) in [5.41, 5.74) is 0.830. The molecule has 0 atom stereocenters. The van der Waals surface area contributed by atoms with Gasteiger partial charge in [-0.2, -0.15) is 5.26 Å². The number of nitrogens with zero attached hydrogens (tertiary/aromatic N) is 1. The van der Waals surface area contributed by atoms with Crippen LogP contribution < -0.4 is 14.2 Å². The molecule has 0 saturated heterocycles. The first-order chi connectivity index (χ1) is 11.7. The molecule has 2 aromatic carbocycles. The van der Waals surface area contributed by atoms with Crippen molar-refractivity contribution >= 4 is 17.6 Å². The van der Waals surface area contributed by atoms with Gasteiger partial charge in [0.05, 0.1) is 22.2 Å². The number of fused-ring (bicyclic) bond motifs is 1. The average molecular weight is 346 g/mol. The summed E-state index contributed by atoms with van der Waals surface area (Å²) in [5.74, 6) is 0.912. The highest BCUT2D eigenvalue weighted by Gasteiger charge is 2.21. The maximum absolute atomic E-state index is 12.0. The molecule has 24 heavy (non-hydrogen) atoms. The number of halogens is 1. The number of ether oxygens (including phenoxy) is 4. The van der Waals surface area contributed by atoms with Crippen molar-refractivity contribution in [2.75, 3.05) is 20.0 Å². The molecule has 122 valence electrons. The lowest BCUT2D eigenvalue weighted by molar-refractivity contribution is 0.0450. The van der Waals surface area contributed by atoms with Crippen LogP contribution in [0.1, 0.15) is 15.9 Å². The zero-order chi connectivity index (χ0) is 16.9. The van der Waals surface area contributed by atoms with E-state index in [-0.39, 0.29) is 25.6 Å². The number of benzene rings is 2. The van der Waals surface area contributed by atoms with Crippen LogP contribution in [0.25, 0.3) is 0 Å². The Bertz CT molecular complexity index is 798. The molecule has 1 heterocycles. The number of rotatable bonds is 5. The molecule has 0 aliphatic carbocycles. The summed E-state index contributed by atoms with van der Waals surface area (Å²) in [6, 6.07) is 11.7. The van der Waals surface area contributed by atoms with Crippen LogP contribution in [0.15, 0.2) is 36.4 Å². The minimum absolute atomic E-state index is 0.0743. The first-order valence-corrected chi connectivity index (χ1v) is 7.44. The van der Waals surface area contributed by atoms with Crippen molar-refractivity contribution in [2.24, 2.45) is 0 Å². The van der Waals surface area contributed by atoms with Gasteiger partial charge in [0.15, 0.2) is 11.5 Å². The molecule has 0 aromatic heterocycles. The van der Waals surface area contributed by atoms with Gasteiger partial charge in [-0.05, 0) is 36.4 Å². The molecule has 0 N–H and O–H groups in total. The van der Waals surface area contributed by atoms with Crippen LogP contribution in [-0.4, -0.2) is 26.0 Å². The minimum Gasteiger partial charge on any atom is -0.490 e. The Morgan fingerprint density at radius 1 is 1.21 bits per heavy atom. The third kappa shape index (κ3) is 3.53. The highest BCUT2D eigenvalue weighted by atomic mass is 35.5. The van der Waals surface area contributed by atoms with Crippen LogP contribution in [0.4, 0.5) is 0 Å². The fraction of sp³-hybridized carbons (Fsp3) is 0.176. The number of carbonyl (C=O) groups excluding carboxylic acids is 1. The van der Waals surface area contributed by atoms with E-state index < -0.39 is 5.97 Å². The van der Waals surface area contributed by atoms with Crippen LogP contribution in [0.3, 0.4) is 0 Å². The molecule has 7 heteroatoms. The van der Waals surface area contributed by atoms with Crippen LogP contribution in [0.5, 0.6) is 17.2 Å². The van der Waals surface area contributed by atoms with Gasteiger partial charge in [0, 0.05) is 0 Å². The zero-order valence-electron chi connectivity index (χ0n) is 12.5. The SMILES string of the molecule is N#Cc1ccc(OCCOC(=O)c2cc(Cl)c3c(c2)OCO3)cc1. The van der Waals surface area contributed by atoms with E-state index in [4.69, 9.17) is 35.8 Å². The normalized spacial score (nSPS) is 11.7. The maximum Gasteiger partial charge on any atom is 0.338 e. The Morgan fingerprint density at radius 3 is 2.75 bits per heavy atom.